The number of amides is 2. The number of aromatic amines is 1. The van der Waals surface area contributed by atoms with Crippen LogP contribution in [0.3, 0.4) is 0 Å². The Labute approximate surface area is 157 Å². The molecule has 1 aromatic carbocycles. The Bertz CT molecular complexity index is 898. The lowest BCUT2D eigenvalue weighted by Crippen LogP contribution is -2.46. The second-order valence-corrected chi connectivity index (χ2v) is 6.57. The van der Waals surface area contributed by atoms with Gasteiger partial charge in [0.15, 0.2) is 0 Å². The van der Waals surface area contributed by atoms with Gasteiger partial charge in [-0.05, 0) is 49.3 Å². The first-order chi connectivity index (χ1) is 12.6. The number of benzene rings is 1. The number of rotatable bonds is 4. The maximum Gasteiger partial charge on any atom is 0.322 e. The number of carbonyl (C=O) groups is 1. The summed E-state index contributed by atoms with van der Waals surface area (Å²) in [6.07, 6.45) is 7.69. The molecule has 2 heterocycles. The highest BCUT2D eigenvalue weighted by molar-refractivity contribution is 6.31. The molecule has 0 saturated carbocycles. The number of hydrogen-bond donors (Lipinski definition) is 3. The maximum atomic E-state index is 12.8. The highest BCUT2D eigenvalue weighted by Gasteiger charge is 2.33. The van der Waals surface area contributed by atoms with E-state index in [0.29, 0.717) is 23.7 Å². The van der Waals surface area contributed by atoms with Crippen molar-refractivity contribution in [3.63, 3.8) is 0 Å². The van der Waals surface area contributed by atoms with Gasteiger partial charge in [0.1, 0.15) is 0 Å². The van der Waals surface area contributed by atoms with Crippen LogP contribution in [0.15, 0.2) is 54.8 Å². The molecule has 26 heavy (non-hydrogen) atoms. The maximum absolute atomic E-state index is 12.8. The van der Waals surface area contributed by atoms with E-state index >= 15 is 0 Å². The molecule has 0 fully saturated rings. The van der Waals surface area contributed by atoms with Gasteiger partial charge < -0.3 is 20.3 Å². The zero-order valence-electron chi connectivity index (χ0n) is 14.6. The van der Waals surface area contributed by atoms with Crippen molar-refractivity contribution in [2.24, 2.45) is 0 Å². The fourth-order valence-electron chi connectivity index (χ4n) is 3.41. The number of H-pyrrole nitrogens is 1. The first kappa shape index (κ1) is 18.3. The van der Waals surface area contributed by atoms with E-state index in [1.807, 2.05) is 31.2 Å². The van der Waals surface area contributed by atoms with Gasteiger partial charge in [0, 0.05) is 33.9 Å². The Hall–Kier alpha value is -2.50. The molecule has 0 saturated heterocycles. The summed E-state index contributed by atoms with van der Waals surface area (Å²) in [7, 11) is 0. The van der Waals surface area contributed by atoms with Crippen LogP contribution in [0.2, 0.25) is 5.02 Å². The average Bonchev–Trinajstić information content (AvgIpc) is 2.99. The lowest BCUT2D eigenvalue weighted by molar-refractivity contribution is 0.127. The van der Waals surface area contributed by atoms with Crippen LogP contribution in [0.25, 0.3) is 10.9 Å². The van der Waals surface area contributed by atoms with Gasteiger partial charge >= 0.3 is 6.03 Å². The second kappa shape index (κ2) is 7.81. The normalized spacial score (nSPS) is 17.6. The molecule has 0 aliphatic carbocycles. The monoisotopic (exact) mass is 371 g/mol. The third-order valence-electron chi connectivity index (χ3n) is 4.54. The molecular formula is C20H22ClN3O2. The highest BCUT2D eigenvalue weighted by Crippen LogP contribution is 2.35. The molecule has 1 aliphatic rings. The van der Waals surface area contributed by atoms with Gasteiger partial charge in [-0.15, -0.1) is 0 Å². The second-order valence-electron chi connectivity index (χ2n) is 6.14. The SMILES string of the molecule is C=C/C=C(\C=C/C)NC(=O)N1CCc2c([nH]c3ccc(Cl)cc23)C1CO. The van der Waals surface area contributed by atoms with Gasteiger partial charge in [0.2, 0.25) is 0 Å². The number of allylic oxidation sites excluding steroid dienone is 4. The topological polar surface area (TPSA) is 68.4 Å². The van der Waals surface area contributed by atoms with Crippen LogP contribution in [-0.2, 0) is 6.42 Å². The molecule has 2 amide bonds. The van der Waals surface area contributed by atoms with Crippen molar-refractivity contribution in [3.8, 4) is 0 Å². The van der Waals surface area contributed by atoms with Crippen molar-refractivity contribution in [2.45, 2.75) is 19.4 Å². The van der Waals surface area contributed by atoms with Crippen LogP contribution >= 0.6 is 11.6 Å². The summed E-state index contributed by atoms with van der Waals surface area (Å²) in [5, 5.41) is 14.6. The van der Waals surface area contributed by atoms with Crippen LogP contribution in [0.5, 0.6) is 0 Å². The summed E-state index contributed by atoms with van der Waals surface area (Å²) in [4.78, 5) is 17.8. The highest BCUT2D eigenvalue weighted by atomic mass is 35.5. The van der Waals surface area contributed by atoms with Crippen LogP contribution < -0.4 is 5.32 Å². The van der Waals surface area contributed by atoms with Crippen molar-refractivity contribution in [3.05, 3.63) is 71.1 Å². The first-order valence-corrected chi connectivity index (χ1v) is 8.90. The number of nitrogens with one attached hydrogen (secondary N) is 2. The molecule has 1 atom stereocenters. The molecule has 2 aromatic rings. The summed E-state index contributed by atoms with van der Waals surface area (Å²) in [5.41, 5.74) is 3.59. The zero-order valence-corrected chi connectivity index (χ0v) is 15.4. The van der Waals surface area contributed by atoms with E-state index < -0.39 is 6.04 Å². The number of carbonyl (C=O) groups excluding carboxylic acids is 1. The molecular weight excluding hydrogens is 350 g/mol. The predicted molar refractivity (Wildman–Crippen MR) is 105 cm³/mol. The van der Waals surface area contributed by atoms with E-state index in [9.17, 15) is 9.90 Å². The summed E-state index contributed by atoms with van der Waals surface area (Å²) in [6.45, 7) is 5.89. The fraction of sp³-hybridized carbons (Fsp3) is 0.250. The lowest BCUT2D eigenvalue weighted by Gasteiger charge is -2.34. The Balaban J connectivity index is 1.92. The zero-order chi connectivity index (χ0) is 18.7. The van der Waals surface area contributed by atoms with Crippen LogP contribution in [0.1, 0.15) is 24.2 Å². The third kappa shape index (κ3) is 3.41. The number of aliphatic hydroxyl groups is 1. The Kier molecular flexibility index (Phi) is 5.49. The summed E-state index contributed by atoms with van der Waals surface area (Å²) >= 11 is 6.13. The van der Waals surface area contributed by atoms with E-state index in [0.717, 1.165) is 22.2 Å². The fourth-order valence-corrected chi connectivity index (χ4v) is 3.58. The molecule has 1 unspecified atom stereocenters. The predicted octanol–water partition coefficient (Wildman–Crippen LogP) is 4.07. The van der Waals surface area contributed by atoms with Gasteiger partial charge in [0.25, 0.3) is 0 Å². The minimum Gasteiger partial charge on any atom is -0.394 e. The van der Waals surface area contributed by atoms with Gasteiger partial charge in [-0.2, -0.15) is 0 Å². The van der Waals surface area contributed by atoms with Crippen LogP contribution in [0.4, 0.5) is 4.79 Å². The molecule has 0 radical (unpaired) electrons. The van der Waals surface area contributed by atoms with Crippen molar-refractivity contribution in [1.82, 2.24) is 15.2 Å². The molecule has 1 aromatic heterocycles. The van der Waals surface area contributed by atoms with Crippen molar-refractivity contribution in [2.75, 3.05) is 13.2 Å². The van der Waals surface area contributed by atoms with E-state index in [-0.39, 0.29) is 12.6 Å². The Morgan fingerprint density at radius 1 is 1.54 bits per heavy atom. The van der Waals surface area contributed by atoms with Crippen molar-refractivity contribution >= 4 is 28.5 Å². The van der Waals surface area contributed by atoms with Gasteiger partial charge in [-0.3, -0.25) is 0 Å². The standard InChI is InChI=1S/C20H22ClN3O2/c1-3-5-14(6-4-2)22-20(26)24-10-9-15-16-11-13(21)7-8-17(16)23-19(15)18(24)12-25/h3-8,11,18,23,25H,1,9-10,12H2,2H3,(H,22,26)/b6-4-,14-5+. The van der Waals surface area contributed by atoms with E-state index in [1.54, 1.807) is 23.1 Å². The third-order valence-corrected chi connectivity index (χ3v) is 4.78. The Morgan fingerprint density at radius 2 is 2.35 bits per heavy atom. The molecule has 0 spiro atoms. The number of aliphatic hydroxyl groups excluding tert-OH is 1. The largest absolute Gasteiger partial charge is 0.394 e. The number of urea groups is 1. The molecule has 3 N–H and O–H groups in total. The van der Waals surface area contributed by atoms with E-state index in [2.05, 4.69) is 16.9 Å². The smallest absolute Gasteiger partial charge is 0.322 e. The number of halogens is 1. The van der Waals surface area contributed by atoms with Gasteiger partial charge in [0.05, 0.1) is 12.6 Å². The van der Waals surface area contributed by atoms with Crippen LogP contribution in [0, 0.1) is 0 Å². The molecule has 0 bridgehead atoms. The summed E-state index contributed by atoms with van der Waals surface area (Å²) < 4.78 is 0. The number of nitrogens with zero attached hydrogens (tertiary/aromatic N) is 1. The Morgan fingerprint density at radius 3 is 3.04 bits per heavy atom. The molecule has 5 nitrogen and oxygen atoms in total. The number of aromatic nitrogens is 1. The van der Waals surface area contributed by atoms with Gasteiger partial charge in [-0.1, -0.05) is 30.3 Å². The van der Waals surface area contributed by atoms with E-state index in [1.165, 1.54) is 0 Å². The summed E-state index contributed by atoms with van der Waals surface area (Å²) in [5.74, 6) is 0. The van der Waals surface area contributed by atoms with Crippen molar-refractivity contribution in [1.29, 1.82) is 0 Å². The lowest BCUT2D eigenvalue weighted by atomic mass is 9.98. The average molecular weight is 372 g/mol. The molecule has 1 aliphatic heterocycles. The molecule has 136 valence electrons. The van der Waals surface area contributed by atoms with Gasteiger partial charge in [-0.25, -0.2) is 4.79 Å². The minimum atomic E-state index is -0.430. The minimum absolute atomic E-state index is 0.162. The number of hydrogen-bond acceptors (Lipinski definition) is 2. The quantitative estimate of drug-likeness (QED) is 0.709. The first-order valence-electron chi connectivity index (χ1n) is 8.53. The number of fused-ring (bicyclic) bond motifs is 3. The van der Waals surface area contributed by atoms with Crippen LogP contribution in [-0.4, -0.2) is 34.2 Å². The molecule has 6 heteroatoms. The summed E-state index contributed by atoms with van der Waals surface area (Å²) in [6, 6.07) is 4.99. The van der Waals surface area contributed by atoms with E-state index in [4.69, 9.17) is 11.6 Å². The molecule has 3 rings (SSSR count). The van der Waals surface area contributed by atoms with Crippen molar-refractivity contribution < 1.29 is 9.90 Å².